The quantitative estimate of drug-likeness (QED) is 0.688. The summed E-state index contributed by atoms with van der Waals surface area (Å²) in [6, 6.07) is 7.02. The maximum atomic E-state index is 9.24. The van der Waals surface area contributed by atoms with Crippen LogP contribution in [0.4, 0.5) is 0 Å². The lowest BCUT2D eigenvalue weighted by Crippen LogP contribution is -2.13. The number of allylic oxidation sites excluding steroid dienone is 1. The van der Waals surface area contributed by atoms with Crippen LogP contribution in [-0.2, 0) is 4.74 Å². The zero-order valence-corrected chi connectivity index (χ0v) is 7.32. The molecular weight excluding hydrogens is 166 g/mol. The van der Waals surface area contributed by atoms with Gasteiger partial charge in [-0.15, -0.1) is 0 Å². The van der Waals surface area contributed by atoms with Gasteiger partial charge in [0.2, 0.25) is 0 Å². The summed E-state index contributed by atoms with van der Waals surface area (Å²) in [7, 11) is 0. The summed E-state index contributed by atoms with van der Waals surface area (Å²) in [4.78, 5) is 0. The van der Waals surface area contributed by atoms with Crippen molar-refractivity contribution in [1.82, 2.24) is 5.32 Å². The molecule has 0 amide bonds. The molecule has 0 radical (unpaired) electrons. The molecule has 68 valence electrons. The molecule has 13 heavy (non-hydrogen) atoms. The van der Waals surface area contributed by atoms with Gasteiger partial charge in [-0.25, -0.2) is 0 Å². The molecule has 1 aliphatic heterocycles. The van der Waals surface area contributed by atoms with Gasteiger partial charge in [0, 0.05) is 11.3 Å². The highest BCUT2D eigenvalue weighted by Crippen LogP contribution is 2.23. The summed E-state index contributed by atoms with van der Waals surface area (Å²) in [6.45, 7) is 1.93. The normalized spacial score (nSPS) is 20.4. The van der Waals surface area contributed by atoms with Crippen molar-refractivity contribution < 1.29 is 9.84 Å². The van der Waals surface area contributed by atoms with Gasteiger partial charge in [0.25, 0.3) is 0 Å². The number of phenols is 1. The SMILES string of the molecule is CC1=COC(c2cccc(O)c2)N1. The van der Waals surface area contributed by atoms with E-state index in [-0.39, 0.29) is 12.0 Å². The fourth-order valence-electron chi connectivity index (χ4n) is 1.29. The van der Waals surface area contributed by atoms with Gasteiger partial charge < -0.3 is 15.2 Å². The fourth-order valence-corrected chi connectivity index (χ4v) is 1.29. The van der Waals surface area contributed by atoms with Gasteiger partial charge in [-0.2, -0.15) is 0 Å². The lowest BCUT2D eigenvalue weighted by atomic mass is 10.2. The van der Waals surface area contributed by atoms with E-state index in [2.05, 4.69) is 5.32 Å². The Balaban J connectivity index is 2.18. The van der Waals surface area contributed by atoms with Gasteiger partial charge >= 0.3 is 0 Å². The second kappa shape index (κ2) is 3.01. The number of hydrogen-bond donors (Lipinski definition) is 2. The van der Waals surface area contributed by atoms with Crippen LogP contribution in [0.5, 0.6) is 5.75 Å². The highest BCUT2D eigenvalue weighted by molar-refractivity contribution is 5.29. The number of rotatable bonds is 1. The average molecular weight is 177 g/mol. The summed E-state index contributed by atoms with van der Waals surface area (Å²) >= 11 is 0. The molecule has 3 heteroatoms. The summed E-state index contributed by atoms with van der Waals surface area (Å²) in [6.07, 6.45) is 1.52. The largest absolute Gasteiger partial charge is 0.508 e. The third-order valence-electron chi connectivity index (χ3n) is 1.91. The summed E-state index contributed by atoms with van der Waals surface area (Å²) in [5.41, 5.74) is 1.92. The van der Waals surface area contributed by atoms with Gasteiger partial charge in [-0.05, 0) is 19.1 Å². The first-order valence-electron chi connectivity index (χ1n) is 4.13. The van der Waals surface area contributed by atoms with Crippen molar-refractivity contribution in [1.29, 1.82) is 0 Å². The van der Waals surface area contributed by atoms with Crippen molar-refractivity contribution >= 4 is 0 Å². The minimum Gasteiger partial charge on any atom is -0.508 e. The van der Waals surface area contributed by atoms with E-state index in [1.165, 1.54) is 0 Å². The molecule has 2 rings (SSSR count). The zero-order valence-electron chi connectivity index (χ0n) is 7.32. The smallest absolute Gasteiger partial charge is 0.195 e. The van der Waals surface area contributed by atoms with Gasteiger partial charge in [0.05, 0.1) is 0 Å². The maximum Gasteiger partial charge on any atom is 0.195 e. The average Bonchev–Trinajstić information content (AvgIpc) is 2.52. The van der Waals surface area contributed by atoms with Crippen LogP contribution in [0.15, 0.2) is 36.2 Å². The Morgan fingerprint density at radius 2 is 2.31 bits per heavy atom. The number of phenolic OH excluding ortho intramolecular Hbond substituents is 1. The van der Waals surface area contributed by atoms with Crippen molar-refractivity contribution in [2.24, 2.45) is 0 Å². The summed E-state index contributed by atoms with van der Waals surface area (Å²) in [5, 5.41) is 12.4. The fraction of sp³-hybridized carbons (Fsp3) is 0.200. The molecule has 0 saturated carbocycles. The lowest BCUT2D eigenvalue weighted by Gasteiger charge is -2.12. The summed E-state index contributed by atoms with van der Waals surface area (Å²) in [5.74, 6) is 0.257. The molecule has 1 heterocycles. The molecule has 0 saturated heterocycles. The monoisotopic (exact) mass is 177 g/mol. The molecule has 0 spiro atoms. The standard InChI is InChI=1S/C10H11NO2/c1-7-6-13-10(11-7)8-3-2-4-9(12)5-8/h2-6,10-12H,1H3. The van der Waals surface area contributed by atoms with Crippen molar-refractivity contribution in [3.63, 3.8) is 0 Å². The topological polar surface area (TPSA) is 41.5 Å². The molecular formula is C10H11NO2. The third-order valence-corrected chi connectivity index (χ3v) is 1.91. The van der Waals surface area contributed by atoms with E-state index in [4.69, 9.17) is 4.74 Å². The van der Waals surface area contributed by atoms with E-state index in [0.717, 1.165) is 11.3 Å². The summed E-state index contributed by atoms with van der Waals surface area (Å²) < 4.78 is 5.32. The second-order valence-corrected chi connectivity index (χ2v) is 3.06. The second-order valence-electron chi connectivity index (χ2n) is 3.06. The van der Waals surface area contributed by atoms with E-state index in [1.54, 1.807) is 24.5 Å². The molecule has 0 aliphatic carbocycles. The van der Waals surface area contributed by atoms with Crippen molar-refractivity contribution in [3.8, 4) is 5.75 Å². The third kappa shape index (κ3) is 1.59. The molecule has 0 bridgehead atoms. The zero-order chi connectivity index (χ0) is 9.26. The van der Waals surface area contributed by atoms with Crippen LogP contribution in [0, 0.1) is 0 Å². The first-order valence-corrected chi connectivity index (χ1v) is 4.13. The van der Waals surface area contributed by atoms with Gasteiger partial charge in [0.1, 0.15) is 12.0 Å². The predicted octanol–water partition coefficient (Wildman–Crippen LogP) is 1.87. The van der Waals surface area contributed by atoms with Crippen molar-refractivity contribution in [2.45, 2.75) is 13.2 Å². The van der Waals surface area contributed by atoms with E-state index < -0.39 is 0 Å². The molecule has 1 aliphatic rings. The molecule has 3 nitrogen and oxygen atoms in total. The number of aromatic hydroxyl groups is 1. The molecule has 0 fully saturated rings. The van der Waals surface area contributed by atoms with Crippen LogP contribution >= 0.6 is 0 Å². The number of hydrogen-bond acceptors (Lipinski definition) is 3. The Kier molecular flexibility index (Phi) is 1.85. The Morgan fingerprint density at radius 3 is 2.92 bits per heavy atom. The first kappa shape index (κ1) is 7.98. The molecule has 1 aromatic carbocycles. The van der Waals surface area contributed by atoms with E-state index in [9.17, 15) is 5.11 Å². The molecule has 1 unspecified atom stereocenters. The van der Waals surface area contributed by atoms with E-state index >= 15 is 0 Å². The lowest BCUT2D eigenvalue weighted by molar-refractivity contribution is 0.154. The minimum absolute atomic E-state index is 0.160. The minimum atomic E-state index is -0.160. The molecule has 0 aromatic heterocycles. The Bertz CT molecular complexity index is 347. The number of nitrogens with one attached hydrogen (secondary N) is 1. The van der Waals surface area contributed by atoms with E-state index in [1.807, 2.05) is 13.0 Å². The Hall–Kier alpha value is -1.64. The van der Waals surface area contributed by atoms with Gasteiger partial charge in [-0.3, -0.25) is 0 Å². The number of benzene rings is 1. The van der Waals surface area contributed by atoms with Crippen LogP contribution in [0.25, 0.3) is 0 Å². The predicted molar refractivity (Wildman–Crippen MR) is 48.8 cm³/mol. The molecule has 1 atom stereocenters. The van der Waals surface area contributed by atoms with E-state index in [0.29, 0.717) is 0 Å². The van der Waals surface area contributed by atoms with Crippen LogP contribution in [0.3, 0.4) is 0 Å². The Morgan fingerprint density at radius 1 is 1.46 bits per heavy atom. The van der Waals surface area contributed by atoms with Crippen LogP contribution < -0.4 is 5.32 Å². The highest BCUT2D eigenvalue weighted by atomic mass is 16.5. The van der Waals surface area contributed by atoms with Crippen LogP contribution in [0.2, 0.25) is 0 Å². The number of ether oxygens (including phenoxy) is 1. The van der Waals surface area contributed by atoms with Gasteiger partial charge in [0.15, 0.2) is 6.23 Å². The first-order chi connectivity index (χ1) is 6.25. The Labute approximate surface area is 76.7 Å². The van der Waals surface area contributed by atoms with Crippen LogP contribution in [-0.4, -0.2) is 5.11 Å². The van der Waals surface area contributed by atoms with Crippen molar-refractivity contribution in [3.05, 3.63) is 41.8 Å². The molecule has 2 N–H and O–H groups in total. The van der Waals surface area contributed by atoms with Gasteiger partial charge in [-0.1, -0.05) is 12.1 Å². The maximum absolute atomic E-state index is 9.24. The molecule has 1 aromatic rings. The van der Waals surface area contributed by atoms with Crippen LogP contribution in [0.1, 0.15) is 18.7 Å². The van der Waals surface area contributed by atoms with Crippen molar-refractivity contribution in [2.75, 3.05) is 0 Å². The highest BCUT2D eigenvalue weighted by Gasteiger charge is 2.16.